The monoisotopic (exact) mass is 268 g/mol. The molecular weight excluding hydrogens is 247 g/mol. The maximum Gasteiger partial charge on any atom is 0.130 e. The van der Waals surface area contributed by atoms with E-state index in [1.807, 2.05) is 0 Å². The van der Waals surface area contributed by atoms with Crippen LogP contribution in [0, 0.1) is 0 Å². The van der Waals surface area contributed by atoms with E-state index in [1.54, 1.807) is 0 Å². The van der Waals surface area contributed by atoms with E-state index in [9.17, 15) is 0 Å². The molecule has 0 aliphatic carbocycles. The zero-order chi connectivity index (χ0) is 11.6. The fourth-order valence-electron chi connectivity index (χ4n) is 1.12. The molecule has 0 nitrogen and oxygen atoms in total. The van der Waals surface area contributed by atoms with Gasteiger partial charge in [0, 0.05) is 4.44 Å². The summed E-state index contributed by atoms with van der Waals surface area (Å²) in [5.41, 5.74) is 1.22. The zero-order valence-electron chi connectivity index (χ0n) is 9.79. The molecule has 0 aliphatic heterocycles. The van der Waals surface area contributed by atoms with Crippen LogP contribution in [0.25, 0.3) is 0 Å². The summed E-state index contributed by atoms with van der Waals surface area (Å²) in [6.07, 6.45) is 0.991. The molecule has 84 valence electrons. The molecule has 0 saturated carbocycles. The third-order valence-electron chi connectivity index (χ3n) is 1.81. The van der Waals surface area contributed by atoms with Gasteiger partial charge in [-0.25, -0.2) is 0 Å². The lowest BCUT2D eigenvalue weighted by atomic mass is 10.3. The molecule has 0 saturated heterocycles. The molecular formula is C10H21PS3. The summed E-state index contributed by atoms with van der Waals surface area (Å²) in [4.78, 5) is 0. The maximum absolute atomic E-state index is 5.63. The van der Waals surface area contributed by atoms with E-state index < -0.39 is 4.44 Å². The van der Waals surface area contributed by atoms with E-state index in [4.69, 9.17) is 24.1 Å². The van der Waals surface area contributed by atoms with Crippen molar-refractivity contribution >= 4 is 39.0 Å². The van der Waals surface area contributed by atoms with Gasteiger partial charge in [-0.15, -0.1) is 0 Å². The SMILES string of the molecule is C=C(C)C[S+](C(C)(C)C)P(=S)([S-])CC. The summed E-state index contributed by atoms with van der Waals surface area (Å²) in [5.74, 6) is 1.03. The van der Waals surface area contributed by atoms with Crippen molar-refractivity contribution in [2.75, 3.05) is 11.9 Å². The van der Waals surface area contributed by atoms with Crippen LogP contribution in [0.15, 0.2) is 12.2 Å². The molecule has 0 amide bonds. The second kappa shape index (κ2) is 5.43. The van der Waals surface area contributed by atoms with Crippen LogP contribution in [0.2, 0.25) is 0 Å². The molecule has 0 radical (unpaired) electrons. The highest BCUT2D eigenvalue weighted by atomic mass is 33.2. The van der Waals surface area contributed by atoms with Gasteiger partial charge in [0.25, 0.3) is 0 Å². The van der Waals surface area contributed by atoms with Gasteiger partial charge in [0.2, 0.25) is 0 Å². The first-order valence-corrected chi connectivity index (χ1v) is 10.8. The predicted molar refractivity (Wildman–Crippen MR) is 79.0 cm³/mol. The second-order valence-electron chi connectivity index (χ2n) is 4.51. The third-order valence-corrected chi connectivity index (χ3v) is 15.0. The normalized spacial score (nSPS) is 18.7. The van der Waals surface area contributed by atoms with Crippen LogP contribution in [0.4, 0.5) is 0 Å². The molecule has 0 rings (SSSR count). The number of rotatable bonds is 4. The summed E-state index contributed by atoms with van der Waals surface area (Å²) in [6, 6.07) is 0. The van der Waals surface area contributed by atoms with Crippen LogP contribution in [0.5, 0.6) is 0 Å². The average Bonchev–Trinajstić information content (AvgIpc) is 1.98. The van der Waals surface area contributed by atoms with Gasteiger partial charge in [-0.3, -0.25) is 0 Å². The molecule has 0 heterocycles. The van der Waals surface area contributed by atoms with Crippen molar-refractivity contribution in [3.63, 3.8) is 0 Å². The smallest absolute Gasteiger partial charge is 0.130 e. The van der Waals surface area contributed by atoms with E-state index in [0.717, 1.165) is 11.9 Å². The van der Waals surface area contributed by atoms with Crippen LogP contribution in [0.3, 0.4) is 0 Å². The predicted octanol–water partition coefficient (Wildman–Crippen LogP) is 3.86. The van der Waals surface area contributed by atoms with Crippen LogP contribution < -0.4 is 0 Å². The molecule has 14 heavy (non-hydrogen) atoms. The van der Waals surface area contributed by atoms with Gasteiger partial charge in [-0.1, -0.05) is 25.3 Å². The summed E-state index contributed by atoms with van der Waals surface area (Å²) < 4.78 is -1.33. The van der Waals surface area contributed by atoms with Crippen molar-refractivity contribution in [1.82, 2.24) is 0 Å². The Bertz CT molecular complexity index is 253. The Labute approximate surface area is 102 Å². The van der Waals surface area contributed by atoms with E-state index in [-0.39, 0.29) is 15.3 Å². The maximum atomic E-state index is 5.63. The highest BCUT2D eigenvalue weighted by Gasteiger charge is 2.38. The molecule has 0 aromatic rings. The van der Waals surface area contributed by atoms with Crippen molar-refractivity contribution in [1.29, 1.82) is 0 Å². The van der Waals surface area contributed by atoms with Crippen molar-refractivity contribution in [2.45, 2.75) is 39.4 Å². The van der Waals surface area contributed by atoms with E-state index in [2.05, 4.69) is 41.2 Å². The average molecular weight is 268 g/mol. The third kappa shape index (κ3) is 4.74. The molecule has 0 bridgehead atoms. The standard InChI is InChI=1S/C10H21PS3/c1-7-11(12,13)14(8-9(2)3)10(4,5)6/h2,7-8H2,1,3-6H3. The lowest BCUT2D eigenvalue weighted by Crippen LogP contribution is -2.30. The Morgan fingerprint density at radius 3 is 2.14 bits per heavy atom. The minimum Gasteiger partial charge on any atom is -0.694 e. The topological polar surface area (TPSA) is 0 Å². The van der Waals surface area contributed by atoms with Gasteiger partial charge in [0.05, 0.1) is 0 Å². The van der Waals surface area contributed by atoms with E-state index >= 15 is 0 Å². The molecule has 0 aromatic carbocycles. The van der Waals surface area contributed by atoms with Gasteiger partial charge in [-0.2, -0.15) is 0 Å². The Kier molecular flexibility index (Phi) is 5.85. The lowest BCUT2D eigenvalue weighted by Gasteiger charge is -2.35. The highest BCUT2D eigenvalue weighted by Crippen LogP contribution is 2.57. The first-order valence-electron chi connectivity index (χ1n) is 4.77. The summed E-state index contributed by atoms with van der Waals surface area (Å²) >= 11 is 11.3. The van der Waals surface area contributed by atoms with Gasteiger partial charge in [-0.05, 0) is 49.9 Å². The van der Waals surface area contributed by atoms with Gasteiger partial charge in [0.15, 0.2) is 0 Å². The summed E-state index contributed by atoms with van der Waals surface area (Å²) in [5, 5.41) is 0. The van der Waals surface area contributed by atoms with Crippen LogP contribution >= 0.6 is 4.44 Å². The van der Waals surface area contributed by atoms with E-state index in [0.29, 0.717) is 0 Å². The minimum atomic E-state index is -1.58. The Morgan fingerprint density at radius 2 is 1.93 bits per heavy atom. The summed E-state index contributed by atoms with van der Waals surface area (Å²) in [7, 11) is 0.159. The Morgan fingerprint density at radius 1 is 1.50 bits per heavy atom. The van der Waals surface area contributed by atoms with Crippen LogP contribution in [-0.4, -0.2) is 16.7 Å². The first-order chi connectivity index (χ1) is 6.11. The molecule has 0 N–H and O–H groups in total. The highest BCUT2D eigenvalue weighted by molar-refractivity contribution is 8.90. The Hall–Kier alpha value is 1.09. The van der Waals surface area contributed by atoms with Crippen molar-refractivity contribution in [3.05, 3.63) is 12.2 Å². The molecule has 0 aromatic heterocycles. The first kappa shape index (κ1) is 15.1. The molecule has 4 heteroatoms. The number of hydrogen-bond acceptors (Lipinski definition) is 2. The van der Waals surface area contributed by atoms with Crippen molar-refractivity contribution in [2.24, 2.45) is 0 Å². The number of hydrogen-bond donors (Lipinski definition) is 0. The second-order valence-corrected chi connectivity index (χ2v) is 17.6. The summed E-state index contributed by atoms with van der Waals surface area (Å²) in [6.45, 7) is 15.0. The molecule has 2 unspecified atom stereocenters. The molecule has 0 aliphatic rings. The quantitative estimate of drug-likeness (QED) is 0.329. The van der Waals surface area contributed by atoms with E-state index in [1.165, 1.54) is 5.57 Å². The zero-order valence-corrected chi connectivity index (χ0v) is 13.1. The fraction of sp³-hybridized carbons (Fsp3) is 0.800. The van der Waals surface area contributed by atoms with Gasteiger partial charge >= 0.3 is 0 Å². The largest absolute Gasteiger partial charge is 0.694 e. The van der Waals surface area contributed by atoms with Crippen molar-refractivity contribution < 1.29 is 0 Å². The molecule has 0 spiro atoms. The van der Waals surface area contributed by atoms with Crippen LogP contribution in [0.1, 0.15) is 34.6 Å². The molecule has 2 atom stereocenters. The van der Waals surface area contributed by atoms with Gasteiger partial charge in [0.1, 0.15) is 10.5 Å². The van der Waals surface area contributed by atoms with Crippen molar-refractivity contribution in [3.8, 4) is 0 Å². The fourth-order valence-corrected chi connectivity index (χ4v) is 13.0. The van der Waals surface area contributed by atoms with Crippen LogP contribution in [-0.2, 0) is 34.6 Å². The Balaban J connectivity index is 4.92. The van der Waals surface area contributed by atoms with Gasteiger partial charge < -0.3 is 12.2 Å². The molecule has 0 fully saturated rings. The minimum absolute atomic E-state index is 0.159. The lowest BCUT2D eigenvalue weighted by molar-refractivity contribution is 0.798.